The van der Waals surface area contributed by atoms with Gasteiger partial charge in [0.05, 0.1) is 5.60 Å². The van der Waals surface area contributed by atoms with E-state index in [4.69, 9.17) is 18.0 Å². The molecular formula is C21H18ClN3O2. The summed E-state index contributed by atoms with van der Waals surface area (Å²) in [6, 6.07) is 10.6. The lowest BCUT2D eigenvalue weighted by molar-refractivity contribution is -0.0235. The number of halogens is 1. The van der Waals surface area contributed by atoms with E-state index in [9.17, 15) is 10.2 Å². The Morgan fingerprint density at radius 2 is 1.96 bits per heavy atom. The smallest absolute Gasteiger partial charge is 0.156 e. The van der Waals surface area contributed by atoms with Crippen LogP contribution in [0.4, 0.5) is 5.82 Å². The summed E-state index contributed by atoms with van der Waals surface area (Å²) >= 11 is 6.20. The van der Waals surface area contributed by atoms with Crippen molar-refractivity contribution < 1.29 is 10.2 Å². The zero-order chi connectivity index (χ0) is 19.2. The van der Waals surface area contributed by atoms with Crippen molar-refractivity contribution in [1.82, 2.24) is 10.2 Å². The Kier molecular flexibility index (Phi) is 4.18. The highest BCUT2D eigenvalue weighted by Gasteiger charge is 2.38. The van der Waals surface area contributed by atoms with E-state index < -0.39 is 5.60 Å². The number of hydrogen-bond donors (Lipinski definition) is 3. The third kappa shape index (κ3) is 3.30. The zero-order valence-electron chi connectivity index (χ0n) is 14.7. The Bertz CT molecular complexity index is 1080. The maximum Gasteiger partial charge on any atom is 0.156 e. The van der Waals surface area contributed by atoms with Gasteiger partial charge in [-0.3, -0.25) is 0 Å². The number of benzene rings is 2. The standard InChI is InChI=1S/C21H18ClN3O2/c1-3-12-4-6-16(18(26)8-12)19-15-7-5-13(22)9-17(15)20(25-24-19)23-14-10-21(2,27)11-14/h1,4-9,14,26-27H,10-11H2,2H3,(H,23,25). The summed E-state index contributed by atoms with van der Waals surface area (Å²) < 4.78 is 0. The number of hydrogen-bond acceptors (Lipinski definition) is 5. The summed E-state index contributed by atoms with van der Waals surface area (Å²) in [7, 11) is 0. The summed E-state index contributed by atoms with van der Waals surface area (Å²) in [6.45, 7) is 1.82. The summed E-state index contributed by atoms with van der Waals surface area (Å²) in [6.07, 6.45) is 6.68. The molecule has 0 amide bonds. The van der Waals surface area contributed by atoms with E-state index in [1.165, 1.54) is 6.07 Å². The Morgan fingerprint density at radius 3 is 2.63 bits per heavy atom. The van der Waals surface area contributed by atoms with Crippen LogP contribution in [-0.4, -0.2) is 32.1 Å². The second kappa shape index (κ2) is 6.41. The predicted octanol–water partition coefficient (Wildman–Crippen LogP) is 3.96. The molecule has 1 heterocycles. The number of anilines is 1. The van der Waals surface area contributed by atoms with Gasteiger partial charge in [-0.15, -0.1) is 16.6 Å². The average Bonchev–Trinajstić information content (AvgIpc) is 2.60. The Labute approximate surface area is 162 Å². The van der Waals surface area contributed by atoms with Gasteiger partial charge in [-0.05, 0) is 50.1 Å². The first kappa shape index (κ1) is 17.6. The van der Waals surface area contributed by atoms with Crippen molar-refractivity contribution in [2.24, 2.45) is 0 Å². The number of fused-ring (bicyclic) bond motifs is 1. The van der Waals surface area contributed by atoms with Crippen LogP contribution in [0.15, 0.2) is 36.4 Å². The van der Waals surface area contributed by atoms with Gasteiger partial charge in [-0.2, -0.15) is 0 Å². The Hall–Kier alpha value is -2.81. The van der Waals surface area contributed by atoms with Crippen LogP contribution >= 0.6 is 11.6 Å². The predicted molar refractivity (Wildman–Crippen MR) is 107 cm³/mol. The van der Waals surface area contributed by atoms with Crippen LogP contribution in [0, 0.1) is 12.3 Å². The molecule has 0 unspecified atom stereocenters. The monoisotopic (exact) mass is 379 g/mol. The summed E-state index contributed by atoms with van der Waals surface area (Å²) in [4.78, 5) is 0. The van der Waals surface area contributed by atoms with Gasteiger partial charge in [-0.25, -0.2) is 0 Å². The number of nitrogens with zero attached hydrogens (tertiary/aromatic N) is 2. The van der Waals surface area contributed by atoms with Crippen molar-refractivity contribution in [3.05, 3.63) is 47.0 Å². The highest BCUT2D eigenvalue weighted by molar-refractivity contribution is 6.31. The van der Waals surface area contributed by atoms with Crippen molar-refractivity contribution >= 4 is 28.2 Å². The first-order valence-corrected chi connectivity index (χ1v) is 8.99. The largest absolute Gasteiger partial charge is 0.507 e. The molecule has 1 aliphatic rings. The van der Waals surface area contributed by atoms with Crippen molar-refractivity contribution in [1.29, 1.82) is 0 Å². The molecule has 0 atom stereocenters. The van der Waals surface area contributed by atoms with E-state index in [1.54, 1.807) is 18.2 Å². The molecule has 3 N–H and O–H groups in total. The van der Waals surface area contributed by atoms with E-state index >= 15 is 0 Å². The molecule has 1 fully saturated rings. The van der Waals surface area contributed by atoms with E-state index in [0.29, 0.717) is 40.5 Å². The third-order valence-electron chi connectivity index (χ3n) is 4.87. The second-order valence-electron chi connectivity index (χ2n) is 7.21. The fraction of sp³-hybridized carbons (Fsp3) is 0.238. The van der Waals surface area contributed by atoms with Crippen molar-refractivity contribution in [3.63, 3.8) is 0 Å². The Morgan fingerprint density at radius 1 is 1.19 bits per heavy atom. The number of phenols is 1. The molecule has 0 spiro atoms. The SMILES string of the molecule is C#Cc1ccc(-c2nnc(NC3CC(C)(O)C3)c3cc(Cl)ccc23)c(O)c1. The number of aliphatic hydroxyl groups is 1. The van der Waals surface area contributed by atoms with Crippen LogP contribution in [0.2, 0.25) is 5.02 Å². The minimum absolute atomic E-state index is 0.0479. The molecule has 136 valence electrons. The molecule has 5 nitrogen and oxygen atoms in total. The van der Waals surface area contributed by atoms with Crippen LogP contribution < -0.4 is 5.32 Å². The minimum atomic E-state index is -0.636. The van der Waals surface area contributed by atoms with E-state index in [-0.39, 0.29) is 11.8 Å². The highest BCUT2D eigenvalue weighted by atomic mass is 35.5. The van der Waals surface area contributed by atoms with Gasteiger partial charge in [0, 0.05) is 33.0 Å². The molecule has 0 bridgehead atoms. The maximum atomic E-state index is 10.4. The van der Waals surface area contributed by atoms with E-state index in [2.05, 4.69) is 21.4 Å². The maximum absolute atomic E-state index is 10.4. The van der Waals surface area contributed by atoms with E-state index in [0.717, 1.165) is 10.8 Å². The molecule has 0 saturated heterocycles. The molecule has 3 aromatic rings. The average molecular weight is 380 g/mol. The number of nitrogens with one attached hydrogen (secondary N) is 1. The fourth-order valence-corrected chi connectivity index (χ4v) is 3.72. The lowest BCUT2D eigenvalue weighted by atomic mass is 9.77. The van der Waals surface area contributed by atoms with Crippen molar-refractivity contribution in [2.45, 2.75) is 31.4 Å². The molecular weight excluding hydrogens is 362 g/mol. The molecule has 4 rings (SSSR count). The zero-order valence-corrected chi connectivity index (χ0v) is 15.5. The van der Waals surface area contributed by atoms with Gasteiger partial charge in [0.25, 0.3) is 0 Å². The van der Waals surface area contributed by atoms with Crippen LogP contribution in [0.3, 0.4) is 0 Å². The lowest BCUT2D eigenvalue weighted by Gasteiger charge is -2.41. The number of phenolic OH excluding ortho intramolecular Hbond substituents is 1. The van der Waals surface area contributed by atoms with Crippen LogP contribution in [0.25, 0.3) is 22.0 Å². The molecule has 2 aromatic carbocycles. The second-order valence-corrected chi connectivity index (χ2v) is 7.65. The van der Waals surface area contributed by atoms with E-state index in [1.807, 2.05) is 19.1 Å². The van der Waals surface area contributed by atoms with Crippen LogP contribution in [-0.2, 0) is 0 Å². The van der Waals surface area contributed by atoms with Gasteiger partial charge in [-0.1, -0.05) is 23.6 Å². The van der Waals surface area contributed by atoms with Crippen molar-refractivity contribution in [3.8, 4) is 29.4 Å². The first-order valence-electron chi connectivity index (χ1n) is 8.61. The van der Waals surface area contributed by atoms with Gasteiger partial charge in [0.15, 0.2) is 5.82 Å². The topological polar surface area (TPSA) is 78.3 Å². The number of aromatic hydroxyl groups is 1. The van der Waals surface area contributed by atoms with Crippen LogP contribution in [0.5, 0.6) is 5.75 Å². The molecule has 1 aliphatic carbocycles. The highest BCUT2D eigenvalue weighted by Crippen LogP contribution is 2.38. The molecule has 6 heteroatoms. The Balaban J connectivity index is 1.80. The number of aromatic nitrogens is 2. The quantitative estimate of drug-likeness (QED) is 0.600. The molecule has 0 aliphatic heterocycles. The first-order chi connectivity index (χ1) is 12.9. The van der Waals surface area contributed by atoms with Crippen molar-refractivity contribution in [2.75, 3.05) is 5.32 Å². The third-order valence-corrected chi connectivity index (χ3v) is 5.11. The van der Waals surface area contributed by atoms with Crippen LogP contribution in [0.1, 0.15) is 25.3 Å². The normalized spacial score (nSPS) is 21.5. The summed E-state index contributed by atoms with van der Waals surface area (Å²) in [5.41, 5.74) is 1.05. The number of rotatable bonds is 3. The molecule has 1 saturated carbocycles. The van der Waals surface area contributed by atoms with Gasteiger partial charge in [0.2, 0.25) is 0 Å². The number of terminal acetylenes is 1. The summed E-state index contributed by atoms with van der Waals surface area (Å²) in [5, 5.41) is 34.5. The van der Waals surface area contributed by atoms with Gasteiger partial charge in [0.1, 0.15) is 11.4 Å². The molecule has 27 heavy (non-hydrogen) atoms. The summed E-state index contributed by atoms with van der Waals surface area (Å²) in [5.74, 6) is 3.15. The molecule has 1 aromatic heterocycles. The minimum Gasteiger partial charge on any atom is -0.507 e. The fourth-order valence-electron chi connectivity index (χ4n) is 3.55. The van der Waals surface area contributed by atoms with Gasteiger partial charge < -0.3 is 15.5 Å². The molecule has 0 radical (unpaired) electrons. The van der Waals surface area contributed by atoms with Gasteiger partial charge >= 0.3 is 0 Å². The lowest BCUT2D eigenvalue weighted by Crippen LogP contribution is -2.48.